The number of ether oxygens (including phenoxy) is 1. The number of rotatable bonds is 3. The van der Waals surface area contributed by atoms with Gasteiger partial charge in [0.05, 0.1) is 22.7 Å². The Balaban J connectivity index is 2.10. The van der Waals surface area contributed by atoms with Crippen molar-refractivity contribution in [2.45, 2.75) is 19.4 Å². The Bertz CT molecular complexity index is 521. The molecule has 0 spiro atoms. The minimum atomic E-state index is -0.464. The van der Waals surface area contributed by atoms with Gasteiger partial charge in [0.2, 0.25) is 5.91 Å². The molecule has 102 valence electrons. The van der Waals surface area contributed by atoms with E-state index in [0.29, 0.717) is 23.3 Å². The second-order valence-corrected chi connectivity index (χ2v) is 5.36. The summed E-state index contributed by atoms with van der Waals surface area (Å²) in [6.45, 7) is 6.20. The molecule has 2 atom stereocenters. The first kappa shape index (κ1) is 14.1. The molecule has 1 aliphatic heterocycles. The molecule has 4 nitrogen and oxygen atoms in total. The highest BCUT2D eigenvalue weighted by Crippen LogP contribution is 2.28. The van der Waals surface area contributed by atoms with Crippen molar-refractivity contribution in [2.75, 3.05) is 11.9 Å². The van der Waals surface area contributed by atoms with E-state index in [4.69, 9.17) is 4.74 Å². The number of pyridine rings is 1. The summed E-state index contributed by atoms with van der Waals surface area (Å²) in [5.41, 5.74) is 0.823. The number of aromatic nitrogens is 1. The van der Waals surface area contributed by atoms with Crippen molar-refractivity contribution in [3.63, 3.8) is 0 Å². The minimum absolute atomic E-state index is 0.190. The van der Waals surface area contributed by atoms with Gasteiger partial charge < -0.3 is 10.1 Å². The standard InChI is InChI=1S/C13H14BrFN2O2/c1-7(2)11-9(3-4-19-11)13(18)17-12-10(14)5-8(15)6-16-12/h5-6,9,11H,1,3-4H2,2H3,(H,16,17,18)/t9-,11-/m0/s1. The van der Waals surface area contributed by atoms with Crippen molar-refractivity contribution in [3.05, 3.63) is 34.7 Å². The Morgan fingerprint density at radius 2 is 2.42 bits per heavy atom. The second-order valence-electron chi connectivity index (χ2n) is 4.51. The summed E-state index contributed by atoms with van der Waals surface area (Å²) in [7, 11) is 0. The monoisotopic (exact) mass is 328 g/mol. The third-order valence-electron chi connectivity index (χ3n) is 2.96. The van der Waals surface area contributed by atoms with E-state index >= 15 is 0 Å². The number of anilines is 1. The van der Waals surface area contributed by atoms with Crippen molar-refractivity contribution in [1.82, 2.24) is 4.98 Å². The fraction of sp³-hybridized carbons (Fsp3) is 0.385. The summed E-state index contributed by atoms with van der Waals surface area (Å²) in [6, 6.07) is 1.25. The molecule has 1 saturated heterocycles. The van der Waals surface area contributed by atoms with Gasteiger partial charge >= 0.3 is 0 Å². The SMILES string of the molecule is C=C(C)[C@@H]1OCC[C@@H]1C(=O)Nc1ncc(F)cc1Br. The summed E-state index contributed by atoms with van der Waals surface area (Å²) in [5.74, 6) is -0.630. The lowest BCUT2D eigenvalue weighted by atomic mass is 9.96. The van der Waals surface area contributed by atoms with Gasteiger partial charge in [0.15, 0.2) is 0 Å². The first-order chi connectivity index (χ1) is 8.99. The Hall–Kier alpha value is -1.27. The molecule has 1 N–H and O–H groups in total. The van der Waals surface area contributed by atoms with Crippen LogP contribution in [0.1, 0.15) is 13.3 Å². The molecule has 1 fully saturated rings. The smallest absolute Gasteiger partial charge is 0.231 e. The second kappa shape index (κ2) is 5.79. The zero-order chi connectivity index (χ0) is 14.0. The molecule has 0 unspecified atom stereocenters. The maximum absolute atomic E-state index is 12.9. The molecule has 19 heavy (non-hydrogen) atoms. The molecule has 0 aliphatic carbocycles. The fourth-order valence-corrected chi connectivity index (χ4v) is 2.48. The first-order valence-corrected chi connectivity index (χ1v) is 6.67. The normalized spacial score (nSPS) is 22.3. The Morgan fingerprint density at radius 3 is 3.05 bits per heavy atom. The Labute approximate surface area is 119 Å². The van der Waals surface area contributed by atoms with Crippen LogP contribution in [-0.4, -0.2) is 23.6 Å². The lowest BCUT2D eigenvalue weighted by Gasteiger charge is -2.18. The number of carbonyl (C=O) groups excluding carboxylic acids is 1. The summed E-state index contributed by atoms with van der Waals surface area (Å²) in [5, 5.41) is 2.68. The number of nitrogens with one attached hydrogen (secondary N) is 1. The Morgan fingerprint density at radius 1 is 1.68 bits per heavy atom. The molecule has 0 saturated carbocycles. The summed E-state index contributed by atoms with van der Waals surface area (Å²) < 4.78 is 18.8. The van der Waals surface area contributed by atoms with Gasteiger partial charge in [-0.05, 0) is 35.3 Å². The third-order valence-corrected chi connectivity index (χ3v) is 3.57. The van der Waals surface area contributed by atoms with Gasteiger partial charge in [-0.15, -0.1) is 0 Å². The lowest BCUT2D eigenvalue weighted by molar-refractivity contribution is -0.120. The van der Waals surface area contributed by atoms with E-state index < -0.39 is 5.82 Å². The van der Waals surface area contributed by atoms with Crippen molar-refractivity contribution >= 4 is 27.7 Å². The number of nitrogens with zero attached hydrogens (tertiary/aromatic N) is 1. The van der Waals surface area contributed by atoms with Crippen molar-refractivity contribution in [3.8, 4) is 0 Å². The predicted molar refractivity (Wildman–Crippen MR) is 73.2 cm³/mol. The molecule has 1 aromatic heterocycles. The summed E-state index contributed by atoms with van der Waals surface area (Å²) in [4.78, 5) is 16.0. The van der Waals surface area contributed by atoms with Crippen LogP contribution in [0.5, 0.6) is 0 Å². The van der Waals surface area contributed by atoms with Crippen molar-refractivity contribution in [2.24, 2.45) is 5.92 Å². The molecule has 1 aliphatic rings. The summed E-state index contributed by atoms with van der Waals surface area (Å²) >= 11 is 3.16. The molecule has 0 radical (unpaired) electrons. The zero-order valence-corrected chi connectivity index (χ0v) is 12.0. The van der Waals surface area contributed by atoms with Gasteiger partial charge in [-0.2, -0.15) is 0 Å². The topological polar surface area (TPSA) is 51.2 Å². The van der Waals surface area contributed by atoms with Crippen LogP contribution in [0.2, 0.25) is 0 Å². The van der Waals surface area contributed by atoms with Gasteiger partial charge in [0.25, 0.3) is 0 Å². The number of halogens is 2. The van der Waals surface area contributed by atoms with Crippen LogP contribution in [0, 0.1) is 11.7 Å². The maximum Gasteiger partial charge on any atom is 0.231 e. The van der Waals surface area contributed by atoms with Crippen LogP contribution in [0.15, 0.2) is 28.9 Å². The first-order valence-electron chi connectivity index (χ1n) is 5.88. The van der Waals surface area contributed by atoms with Gasteiger partial charge in [-0.3, -0.25) is 4.79 Å². The molecule has 2 heterocycles. The van der Waals surface area contributed by atoms with Gasteiger partial charge in [-0.25, -0.2) is 9.37 Å². The van der Waals surface area contributed by atoms with E-state index in [-0.39, 0.29) is 17.9 Å². The van der Waals surface area contributed by atoms with E-state index in [0.717, 1.165) is 11.8 Å². The molecule has 2 rings (SSSR count). The number of carbonyl (C=O) groups is 1. The van der Waals surface area contributed by atoms with Gasteiger partial charge in [0, 0.05) is 6.61 Å². The highest BCUT2D eigenvalue weighted by molar-refractivity contribution is 9.10. The van der Waals surface area contributed by atoms with Crippen LogP contribution >= 0.6 is 15.9 Å². The quantitative estimate of drug-likeness (QED) is 0.868. The van der Waals surface area contributed by atoms with Gasteiger partial charge in [0.1, 0.15) is 11.6 Å². The van der Waals surface area contributed by atoms with Crippen LogP contribution in [0.3, 0.4) is 0 Å². The molecular weight excluding hydrogens is 315 g/mol. The van der Waals surface area contributed by atoms with Crippen LogP contribution in [0.4, 0.5) is 10.2 Å². The van der Waals surface area contributed by atoms with Gasteiger partial charge in [-0.1, -0.05) is 12.2 Å². The van der Waals surface area contributed by atoms with Crippen molar-refractivity contribution in [1.29, 1.82) is 0 Å². The zero-order valence-electron chi connectivity index (χ0n) is 10.5. The van der Waals surface area contributed by atoms with E-state index in [1.807, 2.05) is 6.92 Å². The van der Waals surface area contributed by atoms with E-state index in [9.17, 15) is 9.18 Å². The lowest BCUT2D eigenvalue weighted by Crippen LogP contribution is -2.30. The van der Waals surface area contributed by atoms with E-state index in [2.05, 4.69) is 32.8 Å². The average Bonchev–Trinajstić information content (AvgIpc) is 2.82. The molecule has 0 aromatic carbocycles. The fourth-order valence-electron chi connectivity index (χ4n) is 2.06. The highest BCUT2D eigenvalue weighted by atomic mass is 79.9. The van der Waals surface area contributed by atoms with Crippen LogP contribution < -0.4 is 5.32 Å². The molecule has 1 aromatic rings. The largest absolute Gasteiger partial charge is 0.373 e. The maximum atomic E-state index is 12.9. The molecule has 1 amide bonds. The average molecular weight is 329 g/mol. The van der Waals surface area contributed by atoms with Crippen LogP contribution in [-0.2, 0) is 9.53 Å². The van der Waals surface area contributed by atoms with Crippen molar-refractivity contribution < 1.29 is 13.9 Å². The molecule has 6 heteroatoms. The summed E-state index contributed by atoms with van der Waals surface area (Å²) in [6.07, 6.45) is 1.43. The predicted octanol–water partition coefficient (Wildman–Crippen LogP) is 2.90. The number of hydrogen-bond donors (Lipinski definition) is 1. The molecule has 0 bridgehead atoms. The van der Waals surface area contributed by atoms with E-state index in [1.54, 1.807) is 0 Å². The van der Waals surface area contributed by atoms with E-state index in [1.165, 1.54) is 6.07 Å². The third kappa shape index (κ3) is 3.19. The highest BCUT2D eigenvalue weighted by Gasteiger charge is 2.34. The Kier molecular flexibility index (Phi) is 4.31. The number of hydrogen-bond acceptors (Lipinski definition) is 3. The molecular formula is C13H14BrFN2O2. The minimum Gasteiger partial charge on any atom is -0.373 e. The number of amides is 1. The van der Waals surface area contributed by atoms with Crippen LogP contribution in [0.25, 0.3) is 0 Å².